The first kappa shape index (κ1) is 20.1. The van der Waals surface area contributed by atoms with E-state index in [1.54, 1.807) is 0 Å². The number of aliphatic hydroxyl groups excluding tert-OH is 2. The summed E-state index contributed by atoms with van der Waals surface area (Å²) in [4.78, 5) is 0. The molecule has 0 amide bonds. The molecule has 0 spiro atoms. The highest BCUT2D eigenvalue weighted by molar-refractivity contribution is 5.90. The Morgan fingerprint density at radius 3 is 2.34 bits per heavy atom. The monoisotopic (exact) mass is 388 g/mol. The predicted molar refractivity (Wildman–Crippen MR) is 120 cm³/mol. The van der Waals surface area contributed by atoms with E-state index in [1.165, 1.54) is 22.3 Å². The molecule has 152 valence electrons. The van der Waals surface area contributed by atoms with Gasteiger partial charge in [0.15, 0.2) is 0 Å². The Hall–Kier alpha value is -2.16. The topological polar surface area (TPSA) is 40.5 Å². The highest BCUT2D eigenvalue weighted by Crippen LogP contribution is 2.66. The molecule has 3 atom stereocenters. The fourth-order valence-corrected chi connectivity index (χ4v) is 5.74. The van der Waals surface area contributed by atoms with Gasteiger partial charge in [-0.15, -0.1) is 0 Å². The van der Waals surface area contributed by atoms with Crippen LogP contribution in [0.4, 0.5) is 0 Å². The smallest absolute Gasteiger partial charge is 0.0583 e. The molecule has 2 N–H and O–H groups in total. The predicted octanol–water partition coefficient (Wildman–Crippen LogP) is 5.87. The first-order valence-electron chi connectivity index (χ1n) is 11.0. The minimum absolute atomic E-state index is 0.186. The Morgan fingerprint density at radius 2 is 1.66 bits per heavy atom. The molecule has 0 aromatic heterocycles. The van der Waals surface area contributed by atoms with Crippen molar-refractivity contribution >= 4 is 11.1 Å². The van der Waals surface area contributed by atoms with E-state index in [2.05, 4.69) is 61.2 Å². The van der Waals surface area contributed by atoms with E-state index in [0.29, 0.717) is 0 Å². The van der Waals surface area contributed by atoms with Crippen molar-refractivity contribution in [3.8, 4) is 0 Å². The lowest BCUT2D eigenvalue weighted by molar-refractivity contribution is 0.120. The van der Waals surface area contributed by atoms with Crippen molar-refractivity contribution in [1.82, 2.24) is 0 Å². The second kappa shape index (κ2) is 8.69. The highest BCUT2D eigenvalue weighted by Gasteiger charge is 2.56. The molecule has 2 heteroatoms. The number of unbranched alkanes of at least 4 members (excludes halogenated alkanes) is 2. The van der Waals surface area contributed by atoms with E-state index < -0.39 is 0 Å². The summed E-state index contributed by atoms with van der Waals surface area (Å²) < 4.78 is 0. The number of benzene rings is 2. The van der Waals surface area contributed by atoms with Crippen LogP contribution in [0.2, 0.25) is 0 Å². The number of hydrogen-bond donors (Lipinski definition) is 2. The Kier molecular flexibility index (Phi) is 6.03. The lowest BCUT2D eigenvalue weighted by Gasteiger charge is -2.37. The van der Waals surface area contributed by atoms with Crippen molar-refractivity contribution in [2.45, 2.75) is 51.0 Å². The quantitative estimate of drug-likeness (QED) is 0.556. The van der Waals surface area contributed by atoms with Crippen LogP contribution in [0.3, 0.4) is 0 Å². The number of hydrogen-bond acceptors (Lipinski definition) is 2. The average molecular weight is 389 g/mol. The molecular weight excluding hydrogens is 356 g/mol. The van der Waals surface area contributed by atoms with Crippen molar-refractivity contribution < 1.29 is 10.2 Å². The van der Waals surface area contributed by atoms with E-state index in [0.717, 1.165) is 50.5 Å². The lowest BCUT2D eigenvalue weighted by atomic mass is 9.66. The van der Waals surface area contributed by atoms with Crippen molar-refractivity contribution in [3.05, 3.63) is 83.9 Å². The second-order valence-corrected chi connectivity index (χ2v) is 8.61. The summed E-state index contributed by atoms with van der Waals surface area (Å²) >= 11 is 0. The van der Waals surface area contributed by atoms with Crippen LogP contribution in [0.5, 0.6) is 0 Å². The van der Waals surface area contributed by atoms with Gasteiger partial charge in [0.05, 0.1) is 6.10 Å². The fourth-order valence-electron chi connectivity index (χ4n) is 5.74. The number of rotatable bonds is 8. The van der Waals surface area contributed by atoms with Gasteiger partial charge in [-0.2, -0.15) is 0 Å². The van der Waals surface area contributed by atoms with Gasteiger partial charge in [-0.05, 0) is 60.8 Å². The molecule has 0 heterocycles. The van der Waals surface area contributed by atoms with E-state index in [4.69, 9.17) is 5.11 Å². The van der Waals surface area contributed by atoms with Gasteiger partial charge in [0.2, 0.25) is 0 Å². The van der Waals surface area contributed by atoms with Gasteiger partial charge in [-0.3, -0.25) is 0 Å². The molecule has 2 nitrogen and oxygen atoms in total. The van der Waals surface area contributed by atoms with Gasteiger partial charge in [-0.1, -0.05) is 79.2 Å². The Labute approximate surface area is 174 Å². The Balaban J connectivity index is 1.80. The van der Waals surface area contributed by atoms with E-state index in [9.17, 15) is 5.11 Å². The van der Waals surface area contributed by atoms with Crippen molar-refractivity contribution in [1.29, 1.82) is 0 Å². The van der Waals surface area contributed by atoms with Crippen LogP contribution in [0, 0.1) is 11.3 Å². The van der Waals surface area contributed by atoms with Gasteiger partial charge in [-0.25, -0.2) is 0 Å². The molecule has 0 radical (unpaired) electrons. The lowest BCUT2D eigenvalue weighted by Crippen LogP contribution is -2.29. The minimum Gasteiger partial charge on any atom is -0.396 e. The third-order valence-corrected chi connectivity index (χ3v) is 7.06. The number of aliphatic hydroxyl groups is 2. The molecular formula is C27H32O2. The zero-order valence-corrected chi connectivity index (χ0v) is 17.2. The summed E-state index contributed by atoms with van der Waals surface area (Å²) in [5.41, 5.74) is 6.32. The van der Waals surface area contributed by atoms with Crippen LogP contribution in [-0.2, 0) is 0 Å². The van der Waals surface area contributed by atoms with Crippen molar-refractivity contribution in [2.75, 3.05) is 6.61 Å². The summed E-state index contributed by atoms with van der Waals surface area (Å²) in [5, 5.41) is 20.1. The average Bonchev–Trinajstić information content (AvgIpc) is 3.27. The molecule has 2 aromatic rings. The molecule has 3 unspecified atom stereocenters. The fraction of sp³-hybridized carbons (Fsp3) is 0.407. The Bertz CT molecular complexity index is 868. The minimum atomic E-state index is -0.274. The molecule has 4 rings (SSSR count). The molecule has 0 saturated heterocycles. The molecule has 2 aromatic carbocycles. The summed E-state index contributed by atoms with van der Waals surface area (Å²) in [6.07, 6.45) is 6.51. The van der Waals surface area contributed by atoms with Crippen LogP contribution >= 0.6 is 0 Å². The summed E-state index contributed by atoms with van der Waals surface area (Å²) in [6.45, 7) is 4.88. The maximum Gasteiger partial charge on any atom is 0.0583 e. The van der Waals surface area contributed by atoms with Crippen LogP contribution in [-0.4, -0.2) is 22.9 Å². The molecule has 0 aliphatic heterocycles. The number of fused-ring (bicyclic) bond motifs is 1. The Morgan fingerprint density at radius 1 is 0.966 bits per heavy atom. The normalized spacial score (nSPS) is 26.0. The van der Waals surface area contributed by atoms with Gasteiger partial charge < -0.3 is 10.2 Å². The standard InChI is InChI=1S/C27H32O2/c1-20(21-11-5-2-6-12-21)27-17-16-25(29)24(27)19-23(15-9-4-10-18-28)26(27)22-13-7-3-8-14-22/h2-3,5-8,11-14,24-25,28-29H,1,4,9-10,15-19H2. The van der Waals surface area contributed by atoms with Crippen LogP contribution in [0.15, 0.2) is 72.8 Å². The largest absolute Gasteiger partial charge is 0.396 e. The third-order valence-electron chi connectivity index (χ3n) is 7.06. The molecule has 2 aliphatic rings. The molecule has 1 saturated carbocycles. The van der Waals surface area contributed by atoms with E-state index in [-0.39, 0.29) is 24.0 Å². The highest BCUT2D eigenvalue weighted by atomic mass is 16.3. The second-order valence-electron chi connectivity index (χ2n) is 8.61. The molecule has 29 heavy (non-hydrogen) atoms. The summed E-state index contributed by atoms with van der Waals surface area (Å²) in [6, 6.07) is 21.2. The summed E-state index contributed by atoms with van der Waals surface area (Å²) in [7, 11) is 0. The molecule has 2 aliphatic carbocycles. The van der Waals surface area contributed by atoms with Crippen molar-refractivity contribution in [3.63, 3.8) is 0 Å². The van der Waals surface area contributed by atoms with Gasteiger partial charge in [0.1, 0.15) is 0 Å². The maximum atomic E-state index is 11.0. The van der Waals surface area contributed by atoms with Gasteiger partial charge >= 0.3 is 0 Å². The SMILES string of the molecule is C=C(c1ccccc1)C12CCC(O)C1CC(CCCCCO)=C2c1ccccc1. The van der Waals surface area contributed by atoms with Crippen molar-refractivity contribution in [2.24, 2.45) is 11.3 Å². The first-order chi connectivity index (χ1) is 14.2. The zero-order valence-electron chi connectivity index (χ0n) is 17.2. The van der Waals surface area contributed by atoms with E-state index in [1.807, 2.05) is 6.07 Å². The van der Waals surface area contributed by atoms with E-state index >= 15 is 0 Å². The van der Waals surface area contributed by atoms with Crippen LogP contribution < -0.4 is 0 Å². The first-order valence-corrected chi connectivity index (χ1v) is 11.0. The molecule has 0 bridgehead atoms. The molecule has 1 fully saturated rings. The van der Waals surface area contributed by atoms with Crippen LogP contribution in [0.25, 0.3) is 11.1 Å². The van der Waals surface area contributed by atoms with Gasteiger partial charge in [0.25, 0.3) is 0 Å². The number of allylic oxidation sites excluding steroid dienone is 3. The van der Waals surface area contributed by atoms with Gasteiger partial charge in [0, 0.05) is 17.9 Å². The summed E-state index contributed by atoms with van der Waals surface area (Å²) in [5.74, 6) is 0.207. The maximum absolute atomic E-state index is 11.0. The zero-order chi connectivity index (χ0) is 20.3. The van der Waals surface area contributed by atoms with Crippen LogP contribution in [0.1, 0.15) is 56.1 Å². The third kappa shape index (κ3) is 3.60.